The minimum Gasteiger partial charge on any atom is -0.481 e. The molecule has 0 aromatic carbocycles. The average Bonchev–Trinajstić information content (AvgIpc) is 2.89. The Morgan fingerprint density at radius 1 is 1.07 bits per heavy atom. The van der Waals surface area contributed by atoms with Gasteiger partial charge in [0, 0.05) is 12.8 Å². The van der Waals surface area contributed by atoms with Gasteiger partial charge in [-0.05, 0) is 63.4 Å². The molecule has 0 aliphatic heterocycles. The van der Waals surface area contributed by atoms with Crippen molar-refractivity contribution in [2.75, 3.05) is 0 Å². The summed E-state index contributed by atoms with van der Waals surface area (Å²) >= 11 is 0. The quantitative estimate of drug-likeness (QED) is 0.239. The van der Waals surface area contributed by atoms with E-state index in [0.717, 1.165) is 38.5 Å². The van der Waals surface area contributed by atoms with Crippen molar-refractivity contribution in [3.63, 3.8) is 0 Å². The average molecular weight is 379 g/mol. The van der Waals surface area contributed by atoms with Gasteiger partial charge in [-0.2, -0.15) is 0 Å². The van der Waals surface area contributed by atoms with Crippen LogP contribution in [-0.2, 0) is 9.59 Å². The van der Waals surface area contributed by atoms with Crippen LogP contribution in [0.5, 0.6) is 0 Å². The molecular weight excluding hydrogens is 340 g/mol. The predicted molar refractivity (Wildman–Crippen MR) is 110 cm³/mol. The molecule has 0 amide bonds. The second-order valence-electron chi connectivity index (χ2n) is 8.15. The number of carbonyl (C=O) groups is 2. The smallest absolute Gasteiger partial charge is 0.303 e. The molecule has 4 nitrogen and oxygen atoms in total. The molecule has 1 aliphatic rings. The predicted octanol–water partition coefficient (Wildman–Crippen LogP) is 5.45. The van der Waals surface area contributed by atoms with Gasteiger partial charge in [-0.15, -0.1) is 0 Å². The first-order valence-electron chi connectivity index (χ1n) is 10.7. The van der Waals surface area contributed by atoms with Gasteiger partial charge in [0.15, 0.2) is 5.78 Å². The van der Waals surface area contributed by atoms with Crippen molar-refractivity contribution >= 4 is 11.8 Å². The third-order valence-corrected chi connectivity index (χ3v) is 5.67. The molecule has 0 bridgehead atoms. The van der Waals surface area contributed by atoms with Crippen LogP contribution in [0.25, 0.3) is 0 Å². The van der Waals surface area contributed by atoms with Crippen LogP contribution in [-0.4, -0.2) is 27.6 Å². The van der Waals surface area contributed by atoms with Crippen molar-refractivity contribution in [1.29, 1.82) is 0 Å². The number of hydrogen-bond acceptors (Lipinski definition) is 3. The van der Waals surface area contributed by atoms with Crippen LogP contribution in [0.3, 0.4) is 0 Å². The SMILES string of the molecule is CCCCCCCC(=O)C=CC1CCC(C)(O)C1CC=CCCCC(=O)O. The molecule has 1 saturated carbocycles. The summed E-state index contributed by atoms with van der Waals surface area (Å²) in [6.45, 7) is 4.07. The number of hydrogen-bond donors (Lipinski definition) is 2. The molecule has 0 saturated heterocycles. The summed E-state index contributed by atoms with van der Waals surface area (Å²) in [5.74, 6) is -0.224. The molecule has 1 rings (SSSR count). The molecule has 3 unspecified atom stereocenters. The zero-order valence-electron chi connectivity index (χ0n) is 17.2. The fourth-order valence-corrected chi connectivity index (χ4v) is 3.91. The summed E-state index contributed by atoms with van der Waals surface area (Å²) in [7, 11) is 0. The number of unbranched alkanes of at least 4 members (excludes halogenated alkanes) is 5. The molecule has 1 fully saturated rings. The largest absolute Gasteiger partial charge is 0.481 e. The van der Waals surface area contributed by atoms with E-state index in [2.05, 4.69) is 13.0 Å². The van der Waals surface area contributed by atoms with Gasteiger partial charge in [0.05, 0.1) is 5.60 Å². The van der Waals surface area contributed by atoms with Crippen LogP contribution in [0, 0.1) is 11.8 Å². The van der Waals surface area contributed by atoms with Crippen molar-refractivity contribution in [3.8, 4) is 0 Å². The maximum atomic E-state index is 12.1. The van der Waals surface area contributed by atoms with Crippen molar-refractivity contribution in [2.24, 2.45) is 11.8 Å². The summed E-state index contributed by atoms with van der Waals surface area (Å²) in [5.41, 5.74) is -0.705. The highest BCUT2D eigenvalue weighted by Gasteiger charge is 2.41. The van der Waals surface area contributed by atoms with E-state index in [1.807, 2.05) is 19.1 Å². The second-order valence-corrected chi connectivity index (χ2v) is 8.15. The summed E-state index contributed by atoms with van der Waals surface area (Å²) in [5, 5.41) is 19.3. The maximum Gasteiger partial charge on any atom is 0.303 e. The van der Waals surface area contributed by atoms with Gasteiger partial charge in [-0.1, -0.05) is 50.8 Å². The monoisotopic (exact) mass is 378 g/mol. The van der Waals surface area contributed by atoms with Gasteiger partial charge in [-0.25, -0.2) is 0 Å². The van der Waals surface area contributed by atoms with Crippen LogP contribution in [0.2, 0.25) is 0 Å². The van der Waals surface area contributed by atoms with E-state index in [4.69, 9.17) is 5.11 Å². The van der Waals surface area contributed by atoms with E-state index >= 15 is 0 Å². The molecule has 3 atom stereocenters. The number of ketones is 1. The van der Waals surface area contributed by atoms with Crippen molar-refractivity contribution in [2.45, 2.75) is 96.5 Å². The van der Waals surface area contributed by atoms with Crippen LogP contribution in [0.1, 0.15) is 90.9 Å². The molecule has 0 radical (unpaired) electrons. The zero-order valence-corrected chi connectivity index (χ0v) is 17.2. The number of allylic oxidation sites excluding steroid dienone is 4. The Labute approximate surface area is 164 Å². The first-order chi connectivity index (χ1) is 12.9. The lowest BCUT2D eigenvalue weighted by atomic mass is 9.84. The lowest BCUT2D eigenvalue weighted by Gasteiger charge is -2.27. The zero-order chi connectivity index (χ0) is 20.1. The van der Waals surface area contributed by atoms with Gasteiger partial charge in [-0.3, -0.25) is 9.59 Å². The number of aliphatic hydroxyl groups is 1. The lowest BCUT2D eigenvalue weighted by molar-refractivity contribution is -0.137. The lowest BCUT2D eigenvalue weighted by Crippen LogP contribution is -2.31. The summed E-state index contributed by atoms with van der Waals surface area (Å²) in [4.78, 5) is 22.6. The van der Waals surface area contributed by atoms with Gasteiger partial charge < -0.3 is 10.2 Å². The maximum absolute atomic E-state index is 12.1. The molecule has 0 aromatic rings. The van der Waals surface area contributed by atoms with E-state index in [0.29, 0.717) is 12.8 Å². The van der Waals surface area contributed by atoms with Crippen molar-refractivity contribution in [3.05, 3.63) is 24.3 Å². The van der Waals surface area contributed by atoms with Crippen LogP contribution >= 0.6 is 0 Å². The minimum atomic E-state index is -0.762. The van der Waals surface area contributed by atoms with E-state index in [1.165, 1.54) is 19.3 Å². The first kappa shape index (κ1) is 23.6. The van der Waals surface area contributed by atoms with Gasteiger partial charge in [0.25, 0.3) is 0 Å². The summed E-state index contributed by atoms with van der Waals surface area (Å²) < 4.78 is 0. The Hall–Kier alpha value is -1.42. The highest BCUT2D eigenvalue weighted by Crippen LogP contribution is 2.43. The number of carboxylic acids is 1. The normalized spacial score (nSPS) is 25.6. The molecule has 0 heterocycles. The molecule has 0 spiro atoms. The van der Waals surface area contributed by atoms with E-state index in [1.54, 1.807) is 6.08 Å². The molecule has 27 heavy (non-hydrogen) atoms. The number of carbonyl (C=O) groups excluding carboxylic acids is 1. The summed E-state index contributed by atoms with van der Waals surface area (Å²) in [6.07, 6.45) is 18.2. The highest BCUT2D eigenvalue weighted by atomic mass is 16.4. The Kier molecular flexibility index (Phi) is 11.3. The van der Waals surface area contributed by atoms with Crippen LogP contribution in [0.4, 0.5) is 0 Å². The van der Waals surface area contributed by atoms with Gasteiger partial charge in [0.1, 0.15) is 0 Å². The minimum absolute atomic E-state index is 0.113. The van der Waals surface area contributed by atoms with E-state index in [9.17, 15) is 14.7 Å². The molecule has 0 aromatic heterocycles. The number of rotatable bonds is 14. The van der Waals surface area contributed by atoms with Crippen LogP contribution < -0.4 is 0 Å². The van der Waals surface area contributed by atoms with E-state index < -0.39 is 11.6 Å². The van der Waals surface area contributed by atoms with Crippen LogP contribution in [0.15, 0.2) is 24.3 Å². The van der Waals surface area contributed by atoms with Crippen molar-refractivity contribution < 1.29 is 19.8 Å². The molecule has 4 heteroatoms. The first-order valence-corrected chi connectivity index (χ1v) is 10.7. The Balaban J connectivity index is 2.42. The third-order valence-electron chi connectivity index (χ3n) is 5.67. The Morgan fingerprint density at radius 3 is 2.52 bits per heavy atom. The second kappa shape index (κ2) is 12.9. The fraction of sp³-hybridized carbons (Fsp3) is 0.739. The van der Waals surface area contributed by atoms with Gasteiger partial charge >= 0.3 is 5.97 Å². The highest BCUT2D eigenvalue weighted by molar-refractivity contribution is 5.89. The molecular formula is C23H38O4. The third kappa shape index (κ3) is 9.90. The van der Waals surface area contributed by atoms with Crippen molar-refractivity contribution in [1.82, 2.24) is 0 Å². The Morgan fingerprint density at radius 2 is 1.81 bits per heavy atom. The standard InChI is InChI=1S/C23H38O4/c1-3-4-5-6-9-12-20(24)16-15-19-17-18-23(2,27)21(19)13-10-7-8-11-14-22(25)26/h7,10,15-16,19,21,27H,3-6,8-9,11-14,17-18H2,1-2H3,(H,25,26). The number of aliphatic carboxylic acids is 1. The number of carboxylic acid groups (broad SMARTS) is 1. The molecule has 2 N–H and O–H groups in total. The fourth-order valence-electron chi connectivity index (χ4n) is 3.91. The van der Waals surface area contributed by atoms with Gasteiger partial charge in [0.2, 0.25) is 0 Å². The Bertz CT molecular complexity index is 505. The topological polar surface area (TPSA) is 74.6 Å². The molecule has 154 valence electrons. The summed E-state index contributed by atoms with van der Waals surface area (Å²) in [6, 6.07) is 0. The van der Waals surface area contributed by atoms with E-state index in [-0.39, 0.29) is 24.0 Å². The molecule has 1 aliphatic carbocycles.